The van der Waals surface area contributed by atoms with Gasteiger partial charge in [-0.15, -0.1) is 63.5 Å². The standard InChI is InChI=1S/C22H21BrNSi.2ClH.Cr/c1-3-25(23,4-2)21-15-20(17-11-5-6-12-18(17)21)19-13-7-9-16-10-8-14-24-22(16)19;;;/h5-15H,3-4H2,1-2H3;2*1H;/q-1;;;. The molecule has 148 valence electrons. The van der Waals surface area contributed by atoms with E-state index in [1.54, 1.807) is 0 Å². The minimum Gasteiger partial charge on any atom is -0.288 e. The third-order valence-electron chi connectivity index (χ3n) is 5.32. The van der Waals surface area contributed by atoms with Crippen LogP contribution in [0.15, 0.2) is 66.9 Å². The van der Waals surface area contributed by atoms with E-state index < -0.39 is 6.69 Å². The van der Waals surface area contributed by atoms with Crippen molar-refractivity contribution in [1.29, 1.82) is 0 Å². The number of benzene rings is 2. The topological polar surface area (TPSA) is 12.9 Å². The van der Waals surface area contributed by atoms with Crippen LogP contribution < -0.4 is 5.19 Å². The Balaban J connectivity index is 0.00000131. The Bertz CT molecular complexity index is 1060. The van der Waals surface area contributed by atoms with Crippen LogP contribution in [0, 0.1) is 0 Å². The Morgan fingerprint density at radius 2 is 1.61 bits per heavy atom. The molecule has 0 bridgehead atoms. The van der Waals surface area contributed by atoms with E-state index in [1.807, 2.05) is 12.3 Å². The van der Waals surface area contributed by atoms with Crippen molar-refractivity contribution >= 4 is 73.7 Å². The third-order valence-corrected chi connectivity index (χ3v) is 13.6. The fraction of sp³-hybridized carbons (Fsp3) is 0.182. The number of fused-ring (bicyclic) bond motifs is 2. The molecule has 6 heteroatoms. The maximum absolute atomic E-state index is 4.68. The van der Waals surface area contributed by atoms with Crippen molar-refractivity contribution in [2.45, 2.75) is 25.9 Å². The van der Waals surface area contributed by atoms with E-state index in [2.05, 4.69) is 88.7 Å². The van der Waals surface area contributed by atoms with Crippen molar-refractivity contribution in [2.75, 3.05) is 0 Å². The first-order valence-electron chi connectivity index (χ1n) is 8.90. The number of aromatic nitrogens is 1. The van der Waals surface area contributed by atoms with Crippen LogP contribution in [0.1, 0.15) is 13.8 Å². The Hall–Kier alpha value is -0.731. The van der Waals surface area contributed by atoms with E-state index in [1.165, 1.54) is 44.6 Å². The van der Waals surface area contributed by atoms with E-state index in [-0.39, 0.29) is 42.2 Å². The molecular formula is C22H23BrCl2CrNSi-. The maximum Gasteiger partial charge on any atom is 0.124 e. The summed E-state index contributed by atoms with van der Waals surface area (Å²) in [5.74, 6) is 0. The molecule has 0 aliphatic carbocycles. The van der Waals surface area contributed by atoms with Crippen LogP contribution in [-0.4, -0.2) is 11.7 Å². The number of halogens is 3. The van der Waals surface area contributed by atoms with Gasteiger partial charge in [-0.25, -0.2) is 0 Å². The minimum absolute atomic E-state index is 0. The maximum atomic E-state index is 4.68. The molecule has 4 rings (SSSR count). The predicted octanol–water partition coefficient (Wildman–Crippen LogP) is 7.20. The van der Waals surface area contributed by atoms with Crippen molar-refractivity contribution in [2.24, 2.45) is 0 Å². The van der Waals surface area contributed by atoms with Crippen LogP contribution in [0.3, 0.4) is 0 Å². The van der Waals surface area contributed by atoms with Gasteiger partial charge in [0.1, 0.15) is 6.69 Å². The summed E-state index contributed by atoms with van der Waals surface area (Å²) < 4.78 is 0. The molecule has 0 fully saturated rings. The zero-order valence-corrected chi connectivity index (χ0v) is 21.3. The monoisotopic (exact) mass is 530 g/mol. The van der Waals surface area contributed by atoms with Gasteiger partial charge in [0.2, 0.25) is 0 Å². The van der Waals surface area contributed by atoms with E-state index in [4.69, 9.17) is 0 Å². The average Bonchev–Trinajstić information content (AvgIpc) is 3.07. The van der Waals surface area contributed by atoms with Gasteiger partial charge in [0, 0.05) is 29.1 Å². The van der Waals surface area contributed by atoms with E-state index in [0.29, 0.717) is 0 Å². The van der Waals surface area contributed by atoms with Crippen molar-refractivity contribution in [3.05, 3.63) is 66.9 Å². The number of rotatable bonds is 4. The normalized spacial score (nSPS) is 10.8. The molecule has 0 aliphatic heterocycles. The molecule has 4 aromatic rings. The van der Waals surface area contributed by atoms with Crippen LogP contribution in [0.5, 0.6) is 0 Å². The zero-order chi connectivity index (χ0) is 17.4. The van der Waals surface area contributed by atoms with Gasteiger partial charge >= 0.3 is 0 Å². The quantitative estimate of drug-likeness (QED) is 0.154. The van der Waals surface area contributed by atoms with Gasteiger partial charge in [-0.05, 0) is 11.5 Å². The largest absolute Gasteiger partial charge is 0.288 e. The molecule has 0 saturated carbocycles. The van der Waals surface area contributed by atoms with E-state index in [0.717, 1.165) is 5.52 Å². The van der Waals surface area contributed by atoms with Gasteiger partial charge in [0.05, 0.1) is 0 Å². The van der Waals surface area contributed by atoms with Gasteiger partial charge in [0.25, 0.3) is 0 Å². The molecule has 0 amide bonds. The second-order valence-corrected chi connectivity index (χ2v) is 15.0. The molecule has 1 heterocycles. The Kier molecular flexibility index (Phi) is 9.35. The fourth-order valence-electron chi connectivity index (χ4n) is 3.80. The van der Waals surface area contributed by atoms with Crippen molar-refractivity contribution in [1.82, 2.24) is 4.98 Å². The van der Waals surface area contributed by atoms with Crippen LogP contribution >= 0.6 is 40.1 Å². The third kappa shape index (κ3) is 4.24. The molecule has 0 N–H and O–H groups in total. The van der Waals surface area contributed by atoms with Crippen LogP contribution in [0.2, 0.25) is 12.1 Å². The summed E-state index contributed by atoms with van der Waals surface area (Å²) in [6.45, 7) is 3.00. The first kappa shape index (κ1) is 25.3. The Morgan fingerprint density at radius 3 is 2.32 bits per heavy atom. The van der Waals surface area contributed by atoms with Crippen LogP contribution in [-0.2, 0) is 17.4 Å². The smallest absolute Gasteiger partial charge is 0.124 e. The molecule has 1 nitrogen and oxygen atoms in total. The number of hydrogen-bond acceptors (Lipinski definition) is 1. The summed E-state index contributed by atoms with van der Waals surface area (Å²) >= 11 is 4.17. The number of para-hydroxylation sites is 1. The van der Waals surface area contributed by atoms with Gasteiger partial charge in [-0.3, -0.25) is 4.98 Å². The first-order valence-corrected chi connectivity index (χ1v) is 13.6. The summed E-state index contributed by atoms with van der Waals surface area (Å²) in [5.41, 5.74) is 3.63. The summed E-state index contributed by atoms with van der Waals surface area (Å²) in [6.07, 6.45) is 1.89. The van der Waals surface area contributed by atoms with Crippen LogP contribution in [0.4, 0.5) is 0 Å². The molecule has 0 unspecified atom stereocenters. The van der Waals surface area contributed by atoms with Gasteiger partial charge in [0.15, 0.2) is 0 Å². The summed E-state index contributed by atoms with van der Waals surface area (Å²) in [6, 6.07) is 24.3. The van der Waals surface area contributed by atoms with Gasteiger partial charge < -0.3 is 0 Å². The van der Waals surface area contributed by atoms with E-state index >= 15 is 0 Å². The molecule has 3 aromatic carbocycles. The molecule has 1 aromatic heterocycles. The van der Waals surface area contributed by atoms with Gasteiger partial charge in [-0.2, -0.15) is 0 Å². The first-order chi connectivity index (χ1) is 12.2. The number of pyridine rings is 1. The molecular weight excluding hydrogens is 509 g/mol. The fourth-order valence-corrected chi connectivity index (χ4v) is 7.15. The van der Waals surface area contributed by atoms with E-state index in [9.17, 15) is 0 Å². The number of nitrogens with zero attached hydrogens (tertiary/aromatic N) is 1. The average molecular weight is 532 g/mol. The molecule has 0 saturated heterocycles. The Labute approximate surface area is 198 Å². The van der Waals surface area contributed by atoms with Crippen molar-refractivity contribution < 1.29 is 17.4 Å². The second-order valence-electron chi connectivity index (χ2n) is 6.57. The SMILES string of the molecule is CC[Si](Br)(CC)c1c[c-](-c2cccc3cccnc23)c2ccccc12.Cl.Cl.[Cr]. The molecule has 0 atom stereocenters. The summed E-state index contributed by atoms with van der Waals surface area (Å²) in [4.78, 5) is 4.68. The van der Waals surface area contributed by atoms with Crippen LogP contribution in [0.25, 0.3) is 32.8 Å². The van der Waals surface area contributed by atoms with Gasteiger partial charge in [-0.1, -0.05) is 84.2 Å². The molecule has 28 heavy (non-hydrogen) atoms. The second kappa shape index (κ2) is 10.3. The zero-order valence-electron chi connectivity index (χ0n) is 15.8. The van der Waals surface area contributed by atoms with Crippen molar-refractivity contribution in [3.63, 3.8) is 0 Å². The predicted molar refractivity (Wildman–Crippen MR) is 130 cm³/mol. The minimum atomic E-state index is -1.63. The summed E-state index contributed by atoms with van der Waals surface area (Å²) in [7, 11) is 0. The Morgan fingerprint density at radius 1 is 0.929 bits per heavy atom. The van der Waals surface area contributed by atoms with Crippen molar-refractivity contribution in [3.8, 4) is 11.1 Å². The number of hydrogen-bond donors (Lipinski definition) is 0. The molecule has 0 radical (unpaired) electrons. The molecule has 0 aliphatic rings. The molecule has 0 spiro atoms. The summed E-state index contributed by atoms with van der Waals surface area (Å²) in [5, 5.41) is 5.46.